The minimum atomic E-state index is -4.71. The second kappa shape index (κ2) is 7.90. The fourth-order valence-corrected chi connectivity index (χ4v) is 2.29. The molecule has 0 atom stereocenters. The van der Waals surface area contributed by atoms with E-state index in [9.17, 15) is 22.8 Å². The van der Waals surface area contributed by atoms with Crippen LogP contribution in [0.5, 0.6) is 5.75 Å². The Kier molecular flexibility index (Phi) is 5.86. The Morgan fingerprint density at radius 1 is 1.08 bits per heavy atom. The summed E-state index contributed by atoms with van der Waals surface area (Å²) in [5.41, 5.74) is -1.38. The van der Waals surface area contributed by atoms with Crippen LogP contribution >= 0.6 is 0 Å². The van der Waals surface area contributed by atoms with Crippen molar-refractivity contribution in [3.05, 3.63) is 53.6 Å². The van der Waals surface area contributed by atoms with Crippen LogP contribution in [-0.4, -0.2) is 18.4 Å². The number of nitrogens with one attached hydrogen (secondary N) is 2. The number of hydrogen-bond acceptors (Lipinski definition) is 3. The van der Waals surface area contributed by atoms with Crippen LogP contribution in [0.15, 0.2) is 42.5 Å². The molecule has 0 radical (unpaired) electrons. The normalized spacial score (nSPS) is 11.0. The molecule has 0 aliphatic heterocycles. The Balaban J connectivity index is 2.37. The molecule has 0 bridgehead atoms. The highest BCUT2D eigenvalue weighted by Gasteiger charge is 2.34. The number of hydrogen-bond donors (Lipinski definition) is 2. The van der Waals surface area contributed by atoms with E-state index >= 15 is 0 Å². The van der Waals surface area contributed by atoms with Gasteiger partial charge in [-0.1, -0.05) is 12.1 Å². The number of ether oxygens (including phenoxy) is 1. The summed E-state index contributed by atoms with van der Waals surface area (Å²) in [6.07, 6.45) is -4.71. The number of para-hydroxylation sites is 1. The van der Waals surface area contributed by atoms with Gasteiger partial charge in [-0.3, -0.25) is 9.59 Å². The van der Waals surface area contributed by atoms with Crippen LogP contribution in [0.1, 0.15) is 29.8 Å². The zero-order valence-corrected chi connectivity index (χ0v) is 14.1. The van der Waals surface area contributed by atoms with E-state index in [0.717, 1.165) is 12.1 Å². The summed E-state index contributed by atoms with van der Waals surface area (Å²) in [6, 6.07) is 9.40. The molecular weight excluding hydrogens is 349 g/mol. The Labute approximate surface area is 148 Å². The molecule has 2 aromatic carbocycles. The van der Waals surface area contributed by atoms with Crippen LogP contribution in [0.25, 0.3) is 0 Å². The van der Waals surface area contributed by atoms with Crippen molar-refractivity contribution in [1.29, 1.82) is 0 Å². The van der Waals surface area contributed by atoms with Crippen LogP contribution in [0.4, 0.5) is 24.5 Å². The molecule has 8 heteroatoms. The van der Waals surface area contributed by atoms with Gasteiger partial charge in [0.1, 0.15) is 5.75 Å². The van der Waals surface area contributed by atoms with Gasteiger partial charge in [-0.2, -0.15) is 13.2 Å². The molecule has 0 aromatic heterocycles. The molecule has 0 saturated heterocycles. The molecule has 26 heavy (non-hydrogen) atoms. The number of benzene rings is 2. The smallest absolute Gasteiger partial charge is 0.418 e. The quantitative estimate of drug-likeness (QED) is 0.828. The van der Waals surface area contributed by atoms with Crippen LogP contribution in [0.2, 0.25) is 0 Å². The van der Waals surface area contributed by atoms with Crippen LogP contribution in [0, 0.1) is 0 Å². The third-order valence-electron chi connectivity index (χ3n) is 3.33. The van der Waals surface area contributed by atoms with Gasteiger partial charge in [0.2, 0.25) is 5.91 Å². The lowest BCUT2D eigenvalue weighted by Gasteiger charge is -2.16. The molecule has 0 aliphatic rings. The molecule has 0 unspecified atom stereocenters. The van der Waals surface area contributed by atoms with Crippen molar-refractivity contribution in [2.24, 2.45) is 0 Å². The number of anilines is 2. The summed E-state index contributed by atoms with van der Waals surface area (Å²) in [6.45, 7) is 3.23. The summed E-state index contributed by atoms with van der Waals surface area (Å²) in [4.78, 5) is 23.5. The topological polar surface area (TPSA) is 67.4 Å². The molecule has 0 spiro atoms. The van der Waals surface area contributed by atoms with E-state index in [1.807, 2.05) is 0 Å². The number of rotatable bonds is 5. The molecular formula is C18H17F3N2O3. The monoisotopic (exact) mass is 366 g/mol. The SMILES string of the molecule is CCOc1ccccc1C(=O)Nc1ccc(NC(C)=O)cc1C(F)(F)F. The summed E-state index contributed by atoms with van der Waals surface area (Å²) in [7, 11) is 0. The van der Waals surface area contributed by atoms with E-state index < -0.39 is 29.2 Å². The van der Waals surface area contributed by atoms with Crippen molar-refractivity contribution in [3.8, 4) is 5.75 Å². The van der Waals surface area contributed by atoms with Gasteiger partial charge in [0.25, 0.3) is 5.91 Å². The predicted octanol–water partition coefficient (Wildman–Crippen LogP) is 4.31. The number of alkyl halides is 3. The van der Waals surface area contributed by atoms with Crippen LogP contribution in [0.3, 0.4) is 0 Å². The molecule has 0 saturated carbocycles. The van der Waals surface area contributed by atoms with Gasteiger partial charge < -0.3 is 15.4 Å². The Morgan fingerprint density at radius 3 is 2.38 bits per heavy atom. The van der Waals surface area contributed by atoms with E-state index in [0.29, 0.717) is 6.61 Å². The summed E-state index contributed by atoms with van der Waals surface area (Å²) in [5, 5.41) is 4.54. The van der Waals surface area contributed by atoms with Gasteiger partial charge in [0.15, 0.2) is 0 Å². The lowest BCUT2D eigenvalue weighted by Crippen LogP contribution is -2.18. The van der Waals surface area contributed by atoms with Crippen molar-refractivity contribution < 1.29 is 27.5 Å². The van der Waals surface area contributed by atoms with Crippen molar-refractivity contribution in [2.45, 2.75) is 20.0 Å². The maximum atomic E-state index is 13.3. The van der Waals surface area contributed by atoms with Gasteiger partial charge in [-0.05, 0) is 37.3 Å². The summed E-state index contributed by atoms with van der Waals surface area (Å²) >= 11 is 0. The van der Waals surface area contributed by atoms with Gasteiger partial charge in [-0.25, -0.2) is 0 Å². The molecule has 0 heterocycles. The first kappa shape index (κ1) is 19.3. The first-order valence-corrected chi connectivity index (χ1v) is 7.74. The largest absolute Gasteiger partial charge is 0.493 e. The maximum Gasteiger partial charge on any atom is 0.418 e. The second-order valence-corrected chi connectivity index (χ2v) is 5.32. The molecule has 2 amide bonds. The first-order chi connectivity index (χ1) is 12.2. The van der Waals surface area contributed by atoms with E-state index in [4.69, 9.17) is 4.74 Å². The van der Waals surface area contributed by atoms with Crippen molar-refractivity contribution >= 4 is 23.2 Å². The third kappa shape index (κ3) is 4.75. The van der Waals surface area contributed by atoms with Gasteiger partial charge >= 0.3 is 6.18 Å². The van der Waals surface area contributed by atoms with Crippen LogP contribution in [-0.2, 0) is 11.0 Å². The van der Waals surface area contributed by atoms with Crippen molar-refractivity contribution in [1.82, 2.24) is 0 Å². The zero-order valence-electron chi connectivity index (χ0n) is 14.1. The predicted molar refractivity (Wildman–Crippen MR) is 91.3 cm³/mol. The van der Waals surface area contributed by atoms with E-state index in [-0.39, 0.29) is 17.0 Å². The van der Waals surface area contributed by atoms with E-state index in [1.165, 1.54) is 19.1 Å². The molecule has 2 N–H and O–H groups in total. The van der Waals surface area contributed by atoms with Crippen LogP contribution < -0.4 is 15.4 Å². The Bertz CT molecular complexity index is 820. The van der Waals surface area contributed by atoms with Crippen molar-refractivity contribution in [2.75, 3.05) is 17.2 Å². The molecule has 5 nitrogen and oxygen atoms in total. The van der Waals surface area contributed by atoms with Gasteiger partial charge in [0, 0.05) is 12.6 Å². The minimum Gasteiger partial charge on any atom is -0.493 e. The average molecular weight is 366 g/mol. The van der Waals surface area contributed by atoms with E-state index in [2.05, 4.69) is 10.6 Å². The summed E-state index contributed by atoms with van der Waals surface area (Å²) in [5.74, 6) is -0.955. The number of carbonyl (C=O) groups is 2. The lowest BCUT2D eigenvalue weighted by molar-refractivity contribution is -0.137. The average Bonchev–Trinajstić information content (AvgIpc) is 2.55. The fraction of sp³-hybridized carbons (Fsp3) is 0.222. The fourth-order valence-electron chi connectivity index (χ4n) is 2.29. The number of amides is 2. The highest BCUT2D eigenvalue weighted by atomic mass is 19.4. The standard InChI is InChI=1S/C18H17F3N2O3/c1-3-26-16-7-5-4-6-13(16)17(25)23-15-9-8-12(22-11(2)24)10-14(15)18(19,20)21/h4-10H,3H2,1-2H3,(H,22,24)(H,23,25). The zero-order chi connectivity index (χ0) is 19.3. The first-order valence-electron chi connectivity index (χ1n) is 7.74. The third-order valence-corrected chi connectivity index (χ3v) is 3.33. The maximum absolute atomic E-state index is 13.3. The molecule has 138 valence electrons. The summed E-state index contributed by atoms with van der Waals surface area (Å²) < 4.78 is 45.3. The van der Waals surface area contributed by atoms with Gasteiger partial charge in [-0.15, -0.1) is 0 Å². The van der Waals surface area contributed by atoms with E-state index in [1.54, 1.807) is 25.1 Å². The lowest BCUT2D eigenvalue weighted by atomic mass is 10.1. The number of halogens is 3. The highest BCUT2D eigenvalue weighted by molar-refractivity contribution is 6.06. The Morgan fingerprint density at radius 2 is 1.77 bits per heavy atom. The molecule has 2 rings (SSSR count). The number of carbonyl (C=O) groups excluding carboxylic acids is 2. The Hall–Kier alpha value is -3.03. The van der Waals surface area contributed by atoms with Crippen molar-refractivity contribution in [3.63, 3.8) is 0 Å². The van der Waals surface area contributed by atoms with Gasteiger partial charge in [0.05, 0.1) is 23.4 Å². The molecule has 0 aliphatic carbocycles. The molecule has 0 fully saturated rings. The molecule has 2 aromatic rings. The minimum absolute atomic E-state index is 0.0162. The highest BCUT2D eigenvalue weighted by Crippen LogP contribution is 2.37. The second-order valence-electron chi connectivity index (χ2n) is 5.32.